The van der Waals surface area contributed by atoms with Crippen LogP contribution >= 0.6 is 27.7 Å². The Bertz CT molecular complexity index is 663. The highest BCUT2D eigenvalue weighted by Crippen LogP contribution is 2.33. The zero-order valence-electron chi connectivity index (χ0n) is 11.6. The maximum Gasteiger partial charge on any atom is 0.344 e. The molecule has 0 bridgehead atoms. The highest BCUT2D eigenvalue weighted by atomic mass is 79.9. The van der Waals surface area contributed by atoms with Crippen LogP contribution < -0.4 is 11.4 Å². The topological polar surface area (TPSA) is 76.7 Å². The van der Waals surface area contributed by atoms with Crippen LogP contribution in [0.1, 0.15) is 38.4 Å². The number of hydrogen-bond acceptors (Lipinski definition) is 4. The maximum atomic E-state index is 11.7. The summed E-state index contributed by atoms with van der Waals surface area (Å²) in [7, 11) is 0. The van der Waals surface area contributed by atoms with Gasteiger partial charge in [-0.1, -0.05) is 15.9 Å². The normalized spacial score (nSPS) is 12.9. The van der Waals surface area contributed by atoms with Crippen LogP contribution in [0, 0.1) is 0 Å². The minimum Gasteiger partial charge on any atom is -0.324 e. The molecule has 1 aromatic heterocycles. The van der Waals surface area contributed by atoms with E-state index in [1.54, 1.807) is 4.57 Å². The average molecular weight is 357 g/mol. The van der Waals surface area contributed by atoms with E-state index in [1.165, 1.54) is 11.8 Å². The fourth-order valence-corrected chi connectivity index (χ4v) is 3.44. The summed E-state index contributed by atoms with van der Waals surface area (Å²) < 4.78 is 2.62. The first-order valence-corrected chi connectivity index (χ1v) is 7.91. The third-order valence-electron chi connectivity index (χ3n) is 2.85. The second kappa shape index (κ2) is 6.15. The van der Waals surface area contributed by atoms with Gasteiger partial charge in [-0.25, -0.2) is 9.89 Å². The van der Waals surface area contributed by atoms with Crippen LogP contribution in [0.4, 0.5) is 0 Å². The van der Waals surface area contributed by atoms with E-state index in [-0.39, 0.29) is 17.8 Å². The Kier molecular flexibility index (Phi) is 4.72. The number of nitrogens with one attached hydrogen (secondary N) is 1. The van der Waals surface area contributed by atoms with Crippen LogP contribution in [-0.4, -0.2) is 14.8 Å². The smallest absolute Gasteiger partial charge is 0.324 e. The van der Waals surface area contributed by atoms with Crippen molar-refractivity contribution in [3.8, 4) is 0 Å². The van der Waals surface area contributed by atoms with Crippen LogP contribution in [0.25, 0.3) is 0 Å². The first-order chi connectivity index (χ1) is 9.40. The summed E-state index contributed by atoms with van der Waals surface area (Å²) in [6.45, 7) is 5.84. The molecule has 0 aliphatic carbocycles. The van der Waals surface area contributed by atoms with Gasteiger partial charge in [0, 0.05) is 21.5 Å². The number of halogens is 1. The van der Waals surface area contributed by atoms with Crippen LogP contribution in [0.3, 0.4) is 0 Å². The van der Waals surface area contributed by atoms with Crippen molar-refractivity contribution in [2.45, 2.75) is 42.9 Å². The maximum absolute atomic E-state index is 11.7. The molecule has 0 aliphatic rings. The lowest BCUT2D eigenvalue weighted by Gasteiger charge is -2.14. The highest BCUT2D eigenvalue weighted by Gasteiger charge is 2.16. The van der Waals surface area contributed by atoms with E-state index in [2.05, 4.69) is 26.1 Å². The van der Waals surface area contributed by atoms with Crippen LogP contribution in [0.5, 0.6) is 0 Å². The first-order valence-electron chi connectivity index (χ1n) is 6.30. The predicted octanol–water partition coefficient (Wildman–Crippen LogP) is 3.09. The quantitative estimate of drug-likeness (QED) is 0.882. The molecular weight excluding hydrogens is 340 g/mol. The van der Waals surface area contributed by atoms with E-state index in [9.17, 15) is 4.79 Å². The van der Waals surface area contributed by atoms with Crippen LogP contribution in [-0.2, 0) is 0 Å². The fourth-order valence-electron chi connectivity index (χ4n) is 1.88. The van der Waals surface area contributed by atoms with Gasteiger partial charge >= 0.3 is 5.69 Å². The summed E-state index contributed by atoms with van der Waals surface area (Å²) in [6.07, 6.45) is 0. The van der Waals surface area contributed by atoms with Gasteiger partial charge in [-0.2, -0.15) is 0 Å². The van der Waals surface area contributed by atoms with E-state index >= 15 is 0 Å². The number of nitrogens with zero attached hydrogens (tertiary/aromatic N) is 2. The number of H-pyrrole nitrogens is 1. The number of benzene rings is 1. The summed E-state index contributed by atoms with van der Waals surface area (Å²) >= 11 is 4.90. The minimum atomic E-state index is -0.193. The van der Waals surface area contributed by atoms with Crippen LogP contribution in [0.2, 0.25) is 0 Å². The molecule has 3 N–H and O–H groups in total. The Morgan fingerprint density at radius 2 is 2.10 bits per heavy atom. The van der Waals surface area contributed by atoms with Gasteiger partial charge in [0.15, 0.2) is 5.16 Å². The summed E-state index contributed by atoms with van der Waals surface area (Å²) in [5.74, 6) is 0. The van der Waals surface area contributed by atoms with Gasteiger partial charge in [0.25, 0.3) is 0 Å². The van der Waals surface area contributed by atoms with Gasteiger partial charge in [0.2, 0.25) is 0 Å². The van der Waals surface area contributed by atoms with Gasteiger partial charge in [-0.15, -0.1) is 5.10 Å². The molecular formula is C13H17BrN4OS. The molecule has 2 aromatic rings. The van der Waals surface area contributed by atoms with Gasteiger partial charge < -0.3 is 5.73 Å². The molecule has 5 nitrogen and oxygen atoms in total. The number of aromatic amines is 1. The molecule has 0 amide bonds. The molecule has 1 heterocycles. The zero-order chi connectivity index (χ0) is 14.9. The third kappa shape index (κ3) is 3.16. The number of rotatable bonds is 4. The van der Waals surface area contributed by atoms with Crippen molar-refractivity contribution in [3.05, 3.63) is 38.7 Å². The van der Waals surface area contributed by atoms with Crippen LogP contribution in [0.15, 0.2) is 37.5 Å². The number of aromatic nitrogens is 3. The Balaban J connectivity index is 2.43. The summed E-state index contributed by atoms with van der Waals surface area (Å²) in [5, 5.41) is 7.23. The van der Waals surface area contributed by atoms with E-state index in [0.29, 0.717) is 5.16 Å². The summed E-state index contributed by atoms with van der Waals surface area (Å²) in [6, 6.07) is 5.90. The van der Waals surface area contributed by atoms with Gasteiger partial charge in [0.1, 0.15) is 0 Å². The Hall–Kier alpha value is -1.05. The lowest BCUT2D eigenvalue weighted by atomic mass is 10.1. The molecule has 7 heteroatoms. The molecule has 1 unspecified atom stereocenters. The standard InChI is InChI=1S/C13H17BrN4OS/c1-7(2)18-12(19)16-17-13(18)20-11-5-4-9(14)6-10(11)8(3)15/h4-8H,15H2,1-3H3,(H,16,19). The Morgan fingerprint density at radius 3 is 2.70 bits per heavy atom. The van der Waals surface area contributed by atoms with Crippen molar-refractivity contribution in [2.75, 3.05) is 0 Å². The lowest BCUT2D eigenvalue weighted by Crippen LogP contribution is -2.19. The predicted molar refractivity (Wildman–Crippen MR) is 84.1 cm³/mol. The zero-order valence-corrected chi connectivity index (χ0v) is 14.0. The fraction of sp³-hybridized carbons (Fsp3) is 0.385. The molecule has 0 radical (unpaired) electrons. The van der Waals surface area contributed by atoms with E-state index < -0.39 is 0 Å². The summed E-state index contributed by atoms with van der Waals surface area (Å²) in [5.41, 5.74) is 6.84. The Labute approximate surface area is 130 Å². The van der Waals surface area contributed by atoms with Crippen molar-refractivity contribution in [1.82, 2.24) is 14.8 Å². The Morgan fingerprint density at radius 1 is 1.40 bits per heavy atom. The molecule has 0 saturated heterocycles. The van der Waals surface area contributed by atoms with Crippen molar-refractivity contribution in [1.29, 1.82) is 0 Å². The molecule has 0 saturated carbocycles. The highest BCUT2D eigenvalue weighted by molar-refractivity contribution is 9.10. The van der Waals surface area contributed by atoms with Crippen molar-refractivity contribution in [2.24, 2.45) is 5.73 Å². The molecule has 0 aliphatic heterocycles. The average Bonchev–Trinajstić information content (AvgIpc) is 2.72. The molecule has 108 valence electrons. The third-order valence-corrected chi connectivity index (χ3v) is 4.41. The second-order valence-corrected chi connectivity index (χ2v) is 6.77. The number of hydrogen-bond donors (Lipinski definition) is 2. The van der Waals surface area contributed by atoms with E-state index in [0.717, 1.165) is 14.9 Å². The molecule has 1 atom stereocenters. The van der Waals surface area contributed by atoms with Crippen molar-refractivity contribution in [3.63, 3.8) is 0 Å². The lowest BCUT2D eigenvalue weighted by molar-refractivity contribution is 0.534. The largest absolute Gasteiger partial charge is 0.344 e. The van der Waals surface area contributed by atoms with Gasteiger partial charge in [-0.05, 0) is 56.3 Å². The first kappa shape index (κ1) is 15.3. The summed E-state index contributed by atoms with van der Waals surface area (Å²) in [4.78, 5) is 12.7. The SMILES string of the molecule is CC(N)c1cc(Br)ccc1Sc1n[nH]c(=O)n1C(C)C. The second-order valence-electron chi connectivity index (χ2n) is 4.85. The van der Waals surface area contributed by atoms with Crippen molar-refractivity contribution >= 4 is 27.7 Å². The molecule has 0 fully saturated rings. The molecule has 1 aromatic carbocycles. The molecule has 0 spiro atoms. The van der Waals surface area contributed by atoms with E-state index in [1.807, 2.05) is 39.0 Å². The number of nitrogens with two attached hydrogens (primary N) is 1. The minimum absolute atomic E-state index is 0.0537. The molecule has 2 rings (SSSR count). The van der Waals surface area contributed by atoms with Crippen molar-refractivity contribution < 1.29 is 0 Å². The van der Waals surface area contributed by atoms with Gasteiger partial charge in [-0.3, -0.25) is 4.57 Å². The molecule has 20 heavy (non-hydrogen) atoms. The monoisotopic (exact) mass is 356 g/mol. The van der Waals surface area contributed by atoms with Gasteiger partial charge in [0.05, 0.1) is 0 Å². The van der Waals surface area contributed by atoms with E-state index in [4.69, 9.17) is 5.73 Å².